The summed E-state index contributed by atoms with van der Waals surface area (Å²) in [4.78, 5) is 12.8. The van der Waals surface area contributed by atoms with Gasteiger partial charge in [0.2, 0.25) is 0 Å². The first-order chi connectivity index (χ1) is 9.69. The van der Waals surface area contributed by atoms with Gasteiger partial charge in [-0.15, -0.1) is 15.0 Å². The topological polar surface area (TPSA) is 77.2 Å². The largest absolute Gasteiger partial charge is 0.506 e. The number of rotatable bonds is 2. The van der Waals surface area contributed by atoms with Gasteiger partial charge in [-0.1, -0.05) is 6.07 Å². The van der Waals surface area contributed by atoms with Crippen LogP contribution in [0.5, 0.6) is 5.75 Å². The number of benzene rings is 2. The van der Waals surface area contributed by atoms with Crippen molar-refractivity contribution in [2.24, 2.45) is 0 Å². The molecule has 0 aliphatic carbocycles. The van der Waals surface area contributed by atoms with Crippen LogP contribution in [0.1, 0.15) is 10.4 Å². The first kappa shape index (κ1) is 12.2. The summed E-state index contributed by atoms with van der Waals surface area (Å²) in [6.07, 6.45) is 0. The normalized spacial score (nSPS) is 10.7. The van der Waals surface area contributed by atoms with Crippen molar-refractivity contribution in [2.75, 3.05) is 7.11 Å². The predicted octanol–water partition coefficient (Wildman–Crippen LogP) is 1.71. The molecule has 0 amide bonds. The van der Waals surface area contributed by atoms with Gasteiger partial charge in [-0.3, -0.25) is 0 Å². The van der Waals surface area contributed by atoms with Gasteiger partial charge >= 0.3 is 5.97 Å². The summed E-state index contributed by atoms with van der Waals surface area (Å²) in [5, 5.41) is 18.3. The number of phenolic OH excluding ortho intramolecular Hbond substituents is 1. The van der Waals surface area contributed by atoms with Crippen LogP contribution in [-0.4, -0.2) is 33.2 Å². The number of esters is 1. The molecule has 0 aliphatic rings. The molecule has 1 aromatic heterocycles. The molecule has 1 N–H and O–H groups in total. The second kappa shape index (κ2) is 4.65. The summed E-state index contributed by atoms with van der Waals surface area (Å²) in [5.74, 6) is -0.403. The van der Waals surface area contributed by atoms with Gasteiger partial charge in [0.25, 0.3) is 0 Å². The second-order valence-electron chi connectivity index (χ2n) is 4.10. The summed E-state index contributed by atoms with van der Waals surface area (Å²) < 4.78 is 4.66. The van der Waals surface area contributed by atoms with E-state index in [2.05, 4.69) is 21.0 Å². The standard InChI is InChI=1S/C14H10N3O3/c1-20-14(19)9-6-7-10-11(8-9)16-17(15-10)12-4-2-3-5-13(12)18/h2,4-8,18H,1H3. The van der Waals surface area contributed by atoms with Crippen molar-refractivity contribution in [3.63, 3.8) is 0 Å². The van der Waals surface area contributed by atoms with Crippen LogP contribution < -0.4 is 0 Å². The molecule has 2 aromatic carbocycles. The lowest BCUT2D eigenvalue weighted by molar-refractivity contribution is 0.0601. The molecule has 3 aromatic rings. The Morgan fingerprint density at radius 2 is 2.10 bits per heavy atom. The Bertz CT molecular complexity index is 795. The molecule has 0 atom stereocenters. The van der Waals surface area contributed by atoms with Gasteiger partial charge in [-0.2, -0.15) is 0 Å². The lowest BCUT2D eigenvalue weighted by atomic mass is 10.2. The number of hydrogen-bond donors (Lipinski definition) is 1. The summed E-state index contributed by atoms with van der Waals surface area (Å²) in [6.45, 7) is 0. The lowest BCUT2D eigenvalue weighted by Gasteiger charge is -2.00. The number of carbonyl (C=O) groups is 1. The van der Waals surface area contributed by atoms with E-state index in [1.165, 1.54) is 18.0 Å². The fraction of sp³-hybridized carbons (Fsp3) is 0.0714. The Morgan fingerprint density at radius 3 is 2.85 bits per heavy atom. The van der Waals surface area contributed by atoms with E-state index in [0.29, 0.717) is 22.3 Å². The van der Waals surface area contributed by atoms with Crippen LogP contribution in [0.3, 0.4) is 0 Å². The van der Waals surface area contributed by atoms with E-state index in [-0.39, 0.29) is 5.75 Å². The van der Waals surface area contributed by atoms with Crippen molar-refractivity contribution < 1.29 is 14.6 Å². The molecule has 99 valence electrons. The molecule has 3 rings (SSSR count). The molecule has 0 saturated carbocycles. The molecule has 1 heterocycles. The fourth-order valence-electron chi connectivity index (χ4n) is 1.85. The number of methoxy groups -OCH3 is 1. The molecular formula is C14H10N3O3. The number of aromatic hydroxyl groups is 1. The smallest absolute Gasteiger partial charge is 0.337 e. The van der Waals surface area contributed by atoms with Crippen LogP contribution in [0.2, 0.25) is 0 Å². The average molecular weight is 268 g/mol. The molecule has 6 heteroatoms. The number of fused-ring (bicyclic) bond motifs is 1. The molecule has 20 heavy (non-hydrogen) atoms. The monoisotopic (exact) mass is 268 g/mol. The highest BCUT2D eigenvalue weighted by molar-refractivity contribution is 5.93. The molecular weight excluding hydrogens is 258 g/mol. The van der Waals surface area contributed by atoms with Crippen molar-refractivity contribution in [3.8, 4) is 11.4 Å². The minimum atomic E-state index is -0.432. The number of phenols is 1. The molecule has 0 saturated heterocycles. The average Bonchev–Trinajstić information content (AvgIpc) is 2.89. The second-order valence-corrected chi connectivity index (χ2v) is 4.10. The Hall–Kier alpha value is -2.89. The summed E-state index contributed by atoms with van der Waals surface area (Å²) in [7, 11) is 1.32. The van der Waals surface area contributed by atoms with Crippen molar-refractivity contribution in [1.29, 1.82) is 0 Å². The zero-order valence-electron chi connectivity index (χ0n) is 10.6. The van der Waals surface area contributed by atoms with Gasteiger partial charge in [0.05, 0.1) is 12.7 Å². The van der Waals surface area contributed by atoms with E-state index in [9.17, 15) is 9.90 Å². The molecule has 0 aliphatic heterocycles. The van der Waals surface area contributed by atoms with Gasteiger partial charge in [0.1, 0.15) is 22.5 Å². The van der Waals surface area contributed by atoms with Crippen molar-refractivity contribution in [1.82, 2.24) is 15.0 Å². The highest BCUT2D eigenvalue weighted by atomic mass is 16.5. The lowest BCUT2D eigenvalue weighted by Crippen LogP contribution is -2.00. The molecule has 0 unspecified atom stereocenters. The molecule has 0 spiro atoms. The third-order valence-electron chi connectivity index (χ3n) is 2.84. The molecule has 1 radical (unpaired) electrons. The van der Waals surface area contributed by atoms with Crippen molar-refractivity contribution in [3.05, 3.63) is 48.0 Å². The third-order valence-corrected chi connectivity index (χ3v) is 2.84. The third kappa shape index (κ3) is 1.97. The van der Waals surface area contributed by atoms with E-state index >= 15 is 0 Å². The highest BCUT2D eigenvalue weighted by Crippen LogP contribution is 2.21. The van der Waals surface area contributed by atoms with Gasteiger partial charge in [0.15, 0.2) is 0 Å². The Balaban J connectivity index is 2.12. The Morgan fingerprint density at radius 1 is 1.30 bits per heavy atom. The van der Waals surface area contributed by atoms with Gasteiger partial charge in [-0.25, -0.2) is 4.79 Å². The van der Waals surface area contributed by atoms with Gasteiger partial charge in [-0.05, 0) is 36.4 Å². The van der Waals surface area contributed by atoms with E-state index in [1.54, 1.807) is 30.3 Å². The summed E-state index contributed by atoms with van der Waals surface area (Å²) in [5.41, 5.74) is 2.00. The minimum Gasteiger partial charge on any atom is -0.506 e. The fourth-order valence-corrected chi connectivity index (χ4v) is 1.85. The molecule has 6 nitrogen and oxygen atoms in total. The highest BCUT2D eigenvalue weighted by Gasteiger charge is 2.11. The number of ether oxygens (including phenoxy) is 1. The van der Waals surface area contributed by atoms with Crippen LogP contribution in [-0.2, 0) is 4.74 Å². The van der Waals surface area contributed by atoms with Crippen LogP contribution in [0.15, 0.2) is 36.4 Å². The number of hydrogen-bond acceptors (Lipinski definition) is 5. The molecule has 0 fully saturated rings. The first-order valence-electron chi connectivity index (χ1n) is 5.84. The summed E-state index contributed by atoms with van der Waals surface area (Å²) in [6, 6.07) is 12.4. The van der Waals surface area contributed by atoms with Crippen LogP contribution >= 0.6 is 0 Å². The SMILES string of the molecule is COC(=O)c1ccc2nn(-c3cc[c]cc3O)nc2c1. The van der Waals surface area contributed by atoms with Crippen molar-refractivity contribution in [2.45, 2.75) is 0 Å². The predicted molar refractivity (Wildman–Crippen MR) is 70.7 cm³/mol. The first-order valence-corrected chi connectivity index (χ1v) is 5.84. The maximum atomic E-state index is 11.5. The Labute approximate surface area is 114 Å². The maximum absolute atomic E-state index is 11.5. The van der Waals surface area contributed by atoms with Crippen LogP contribution in [0.25, 0.3) is 16.7 Å². The van der Waals surface area contributed by atoms with Crippen LogP contribution in [0.4, 0.5) is 0 Å². The quantitative estimate of drug-likeness (QED) is 0.716. The zero-order chi connectivity index (χ0) is 14.1. The van der Waals surface area contributed by atoms with Gasteiger partial charge < -0.3 is 9.84 Å². The van der Waals surface area contributed by atoms with Crippen molar-refractivity contribution >= 4 is 17.0 Å². The van der Waals surface area contributed by atoms with E-state index in [4.69, 9.17) is 0 Å². The van der Waals surface area contributed by atoms with Crippen LogP contribution in [0, 0.1) is 6.07 Å². The summed E-state index contributed by atoms with van der Waals surface area (Å²) >= 11 is 0. The number of carbonyl (C=O) groups excluding carboxylic acids is 1. The van der Waals surface area contributed by atoms with Gasteiger partial charge in [0, 0.05) is 0 Å². The number of nitrogens with zero attached hydrogens (tertiary/aromatic N) is 3. The van der Waals surface area contributed by atoms with E-state index < -0.39 is 5.97 Å². The Kier molecular flexibility index (Phi) is 2.83. The maximum Gasteiger partial charge on any atom is 0.337 e. The zero-order valence-corrected chi connectivity index (χ0v) is 10.6. The number of aromatic nitrogens is 3. The molecule has 0 bridgehead atoms. The van der Waals surface area contributed by atoms with E-state index in [0.717, 1.165) is 0 Å². The minimum absolute atomic E-state index is 0.0287. The van der Waals surface area contributed by atoms with E-state index in [1.807, 2.05) is 0 Å².